The highest BCUT2D eigenvalue weighted by Crippen LogP contribution is 2.35. The van der Waals surface area contributed by atoms with Crippen LogP contribution >= 0.6 is 0 Å². The minimum atomic E-state index is -0.191. The van der Waals surface area contributed by atoms with Crippen molar-refractivity contribution in [1.82, 2.24) is 15.5 Å². The van der Waals surface area contributed by atoms with Gasteiger partial charge in [0.1, 0.15) is 0 Å². The fraction of sp³-hybridized carbons (Fsp3) is 0.941. The lowest BCUT2D eigenvalue weighted by Crippen LogP contribution is -2.50. The Labute approximate surface area is 134 Å². The van der Waals surface area contributed by atoms with E-state index < -0.39 is 0 Å². The van der Waals surface area contributed by atoms with Gasteiger partial charge in [-0.05, 0) is 32.1 Å². The molecular weight excluding hydrogens is 276 g/mol. The third-order valence-electron chi connectivity index (χ3n) is 5.79. The molecule has 0 amide bonds. The van der Waals surface area contributed by atoms with E-state index in [1.807, 2.05) is 7.05 Å². The van der Waals surface area contributed by atoms with E-state index in [1.165, 1.54) is 32.2 Å². The summed E-state index contributed by atoms with van der Waals surface area (Å²) in [7, 11) is 1.84. The zero-order chi connectivity index (χ0) is 15.6. The van der Waals surface area contributed by atoms with E-state index in [-0.39, 0.29) is 11.5 Å². The molecule has 0 spiro atoms. The smallest absolute Gasteiger partial charge is 0.191 e. The van der Waals surface area contributed by atoms with Crippen LogP contribution in [-0.4, -0.2) is 60.8 Å². The minimum Gasteiger partial charge on any atom is -0.392 e. The SMILES string of the molecule is CN=C(NCC1(C)CCCCC1O)NC1CCN(C2CC2)C1. The van der Waals surface area contributed by atoms with Gasteiger partial charge in [0.2, 0.25) is 0 Å². The van der Waals surface area contributed by atoms with E-state index in [9.17, 15) is 5.11 Å². The summed E-state index contributed by atoms with van der Waals surface area (Å²) in [4.78, 5) is 6.98. The molecule has 0 bridgehead atoms. The van der Waals surface area contributed by atoms with Gasteiger partial charge in [-0.1, -0.05) is 19.8 Å². The highest BCUT2D eigenvalue weighted by atomic mass is 16.3. The van der Waals surface area contributed by atoms with Crippen LogP contribution in [0.4, 0.5) is 0 Å². The van der Waals surface area contributed by atoms with E-state index in [1.54, 1.807) is 0 Å². The highest BCUT2D eigenvalue weighted by Gasteiger charge is 2.36. The first kappa shape index (κ1) is 16.1. The molecule has 3 aliphatic rings. The summed E-state index contributed by atoms with van der Waals surface area (Å²) in [6, 6.07) is 1.37. The highest BCUT2D eigenvalue weighted by molar-refractivity contribution is 5.80. The van der Waals surface area contributed by atoms with Crippen molar-refractivity contribution in [3.05, 3.63) is 0 Å². The van der Waals surface area contributed by atoms with E-state index >= 15 is 0 Å². The summed E-state index contributed by atoms with van der Waals surface area (Å²) in [5, 5.41) is 17.3. The van der Waals surface area contributed by atoms with Crippen molar-refractivity contribution in [2.24, 2.45) is 10.4 Å². The number of hydrogen-bond donors (Lipinski definition) is 3. The second-order valence-corrected chi connectivity index (χ2v) is 7.70. The van der Waals surface area contributed by atoms with Crippen LogP contribution in [0.1, 0.15) is 51.9 Å². The van der Waals surface area contributed by atoms with E-state index in [4.69, 9.17) is 0 Å². The Morgan fingerprint density at radius 3 is 2.77 bits per heavy atom. The molecule has 0 aromatic heterocycles. The molecule has 0 radical (unpaired) electrons. The minimum absolute atomic E-state index is 0.0222. The topological polar surface area (TPSA) is 59.9 Å². The molecule has 5 heteroatoms. The number of likely N-dealkylation sites (tertiary alicyclic amines) is 1. The molecule has 2 saturated carbocycles. The molecule has 0 aromatic rings. The Hall–Kier alpha value is -0.810. The van der Waals surface area contributed by atoms with Gasteiger partial charge in [-0.2, -0.15) is 0 Å². The molecule has 1 heterocycles. The Morgan fingerprint density at radius 2 is 2.09 bits per heavy atom. The number of nitrogens with one attached hydrogen (secondary N) is 2. The van der Waals surface area contributed by atoms with Crippen molar-refractivity contribution in [2.75, 3.05) is 26.7 Å². The monoisotopic (exact) mass is 308 g/mol. The van der Waals surface area contributed by atoms with Crippen LogP contribution in [-0.2, 0) is 0 Å². The molecule has 2 aliphatic carbocycles. The van der Waals surface area contributed by atoms with Gasteiger partial charge in [-0.25, -0.2) is 0 Å². The summed E-state index contributed by atoms with van der Waals surface area (Å²) < 4.78 is 0. The van der Waals surface area contributed by atoms with Crippen LogP contribution in [0.25, 0.3) is 0 Å². The molecule has 1 saturated heterocycles. The van der Waals surface area contributed by atoms with Crippen molar-refractivity contribution < 1.29 is 5.11 Å². The molecule has 3 atom stereocenters. The van der Waals surface area contributed by atoms with Crippen molar-refractivity contribution in [3.63, 3.8) is 0 Å². The fourth-order valence-corrected chi connectivity index (χ4v) is 3.94. The molecule has 3 N–H and O–H groups in total. The molecule has 3 fully saturated rings. The first-order valence-electron chi connectivity index (χ1n) is 9.00. The van der Waals surface area contributed by atoms with Crippen molar-refractivity contribution >= 4 is 5.96 Å². The molecule has 0 aromatic carbocycles. The van der Waals surface area contributed by atoms with Crippen molar-refractivity contribution in [2.45, 2.75) is 70.1 Å². The van der Waals surface area contributed by atoms with Gasteiger partial charge >= 0.3 is 0 Å². The fourth-order valence-electron chi connectivity index (χ4n) is 3.94. The Morgan fingerprint density at radius 1 is 1.27 bits per heavy atom. The number of aliphatic hydroxyl groups is 1. The second kappa shape index (κ2) is 6.75. The Bertz CT molecular complexity index is 409. The molecule has 22 heavy (non-hydrogen) atoms. The van der Waals surface area contributed by atoms with E-state index in [2.05, 4.69) is 27.4 Å². The van der Waals surface area contributed by atoms with Crippen LogP contribution in [0, 0.1) is 5.41 Å². The quantitative estimate of drug-likeness (QED) is 0.542. The first-order valence-corrected chi connectivity index (χ1v) is 9.00. The third kappa shape index (κ3) is 3.74. The average molecular weight is 308 g/mol. The van der Waals surface area contributed by atoms with Gasteiger partial charge in [0, 0.05) is 44.2 Å². The molecule has 5 nitrogen and oxygen atoms in total. The first-order chi connectivity index (χ1) is 10.6. The lowest BCUT2D eigenvalue weighted by atomic mass is 9.73. The summed E-state index contributed by atoms with van der Waals surface area (Å²) in [6.07, 6.45) is 8.19. The predicted octanol–water partition coefficient (Wildman–Crippen LogP) is 1.33. The van der Waals surface area contributed by atoms with Gasteiger partial charge in [0.05, 0.1) is 6.10 Å². The lowest BCUT2D eigenvalue weighted by Gasteiger charge is -2.39. The Balaban J connectivity index is 1.46. The normalized spacial score (nSPS) is 37.3. The largest absolute Gasteiger partial charge is 0.392 e. The molecule has 3 unspecified atom stereocenters. The summed E-state index contributed by atoms with van der Waals surface area (Å²) >= 11 is 0. The van der Waals surface area contributed by atoms with Crippen LogP contribution in [0.3, 0.4) is 0 Å². The van der Waals surface area contributed by atoms with Crippen molar-refractivity contribution in [1.29, 1.82) is 0 Å². The number of rotatable bonds is 4. The number of aliphatic hydroxyl groups excluding tert-OH is 1. The van der Waals surface area contributed by atoms with Crippen LogP contribution < -0.4 is 10.6 Å². The number of guanidine groups is 1. The number of hydrogen-bond acceptors (Lipinski definition) is 3. The molecular formula is C17H32N4O. The zero-order valence-corrected chi connectivity index (χ0v) is 14.1. The predicted molar refractivity (Wildman–Crippen MR) is 90.1 cm³/mol. The van der Waals surface area contributed by atoms with Gasteiger partial charge < -0.3 is 15.7 Å². The summed E-state index contributed by atoms with van der Waals surface area (Å²) in [5.74, 6) is 0.890. The number of aliphatic imine (C=N–C) groups is 1. The maximum Gasteiger partial charge on any atom is 0.191 e. The van der Waals surface area contributed by atoms with Gasteiger partial charge in [-0.15, -0.1) is 0 Å². The summed E-state index contributed by atoms with van der Waals surface area (Å²) in [5.41, 5.74) is -0.0222. The average Bonchev–Trinajstić information content (AvgIpc) is 3.27. The molecule has 126 valence electrons. The number of nitrogens with zero attached hydrogens (tertiary/aromatic N) is 2. The van der Waals surface area contributed by atoms with Crippen molar-refractivity contribution in [3.8, 4) is 0 Å². The zero-order valence-electron chi connectivity index (χ0n) is 14.1. The van der Waals surface area contributed by atoms with Crippen LogP contribution in [0.5, 0.6) is 0 Å². The van der Waals surface area contributed by atoms with Gasteiger partial charge in [0.15, 0.2) is 5.96 Å². The maximum absolute atomic E-state index is 10.3. The van der Waals surface area contributed by atoms with Crippen LogP contribution in [0.2, 0.25) is 0 Å². The van der Waals surface area contributed by atoms with E-state index in [0.29, 0.717) is 6.04 Å². The van der Waals surface area contributed by atoms with Gasteiger partial charge in [-0.3, -0.25) is 9.89 Å². The molecule has 3 rings (SSSR count). The molecule has 1 aliphatic heterocycles. The Kier molecular flexibility index (Phi) is 4.93. The third-order valence-corrected chi connectivity index (χ3v) is 5.79. The van der Waals surface area contributed by atoms with Crippen LogP contribution in [0.15, 0.2) is 4.99 Å². The second-order valence-electron chi connectivity index (χ2n) is 7.70. The summed E-state index contributed by atoms with van der Waals surface area (Å²) in [6.45, 7) is 5.36. The van der Waals surface area contributed by atoms with E-state index in [0.717, 1.165) is 44.4 Å². The van der Waals surface area contributed by atoms with Gasteiger partial charge in [0.25, 0.3) is 0 Å². The maximum atomic E-state index is 10.3. The lowest BCUT2D eigenvalue weighted by molar-refractivity contribution is 0.00395. The standard InChI is InChI=1S/C17H32N4O/c1-17(9-4-3-5-15(17)22)12-19-16(18-2)20-13-8-10-21(11-13)14-6-7-14/h13-15,22H,3-12H2,1-2H3,(H2,18,19,20).